The van der Waals surface area contributed by atoms with Crippen LogP contribution in [0.25, 0.3) is 0 Å². The minimum absolute atomic E-state index is 0.399. The first kappa shape index (κ1) is 15.2. The van der Waals surface area contributed by atoms with E-state index in [9.17, 15) is 4.79 Å². The number of nitrogens with zero attached hydrogens (tertiary/aromatic N) is 3. The van der Waals surface area contributed by atoms with Gasteiger partial charge in [0.15, 0.2) is 5.13 Å². The van der Waals surface area contributed by atoms with Crippen molar-refractivity contribution in [3.8, 4) is 0 Å². The lowest BCUT2D eigenvalue weighted by Crippen LogP contribution is -2.43. The molecule has 0 spiro atoms. The number of carbonyl (C=O) groups is 1. The molecule has 6 nitrogen and oxygen atoms in total. The van der Waals surface area contributed by atoms with Gasteiger partial charge in [0.05, 0.1) is 19.1 Å². The van der Waals surface area contributed by atoms with E-state index >= 15 is 0 Å². The minimum atomic E-state index is -0.766. The van der Waals surface area contributed by atoms with Crippen molar-refractivity contribution >= 4 is 22.4 Å². The molecule has 0 bridgehead atoms. The van der Waals surface area contributed by atoms with Crippen LogP contribution in [0.4, 0.5) is 5.13 Å². The van der Waals surface area contributed by atoms with E-state index in [0.717, 1.165) is 44.5 Å². The lowest BCUT2D eigenvalue weighted by atomic mass is 10.2. The fourth-order valence-electron chi connectivity index (χ4n) is 2.13. The Morgan fingerprint density at radius 1 is 1.60 bits per heavy atom. The number of hydrogen-bond acceptors (Lipinski definition) is 6. The van der Waals surface area contributed by atoms with Gasteiger partial charge in [-0.2, -0.15) is 0 Å². The number of aromatic nitrogens is 1. The van der Waals surface area contributed by atoms with Gasteiger partial charge < -0.3 is 14.7 Å². The van der Waals surface area contributed by atoms with Crippen molar-refractivity contribution in [2.75, 3.05) is 50.8 Å². The Labute approximate surface area is 123 Å². The summed E-state index contributed by atoms with van der Waals surface area (Å²) >= 11 is 1.55. The summed E-state index contributed by atoms with van der Waals surface area (Å²) in [5, 5.41) is 11.9. The zero-order chi connectivity index (χ0) is 14.4. The second-order valence-corrected chi connectivity index (χ2v) is 5.83. The van der Waals surface area contributed by atoms with Crippen LogP contribution in [-0.2, 0) is 9.53 Å². The molecule has 2 rings (SSSR count). The third-order valence-corrected chi connectivity index (χ3v) is 4.23. The van der Waals surface area contributed by atoms with Gasteiger partial charge in [0, 0.05) is 44.3 Å². The van der Waals surface area contributed by atoms with Crippen molar-refractivity contribution in [2.45, 2.75) is 6.92 Å². The Morgan fingerprint density at radius 2 is 2.35 bits per heavy atom. The van der Waals surface area contributed by atoms with Crippen molar-refractivity contribution in [3.63, 3.8) is 0 Å². The number of morpholine rings is 1. The third-order valence-electron chi connectivity index (χ3n) is 3.40. The molecule has 1 atom stereocenters. The molecule has 1 aliphatic heterocycles. The van der Waals surface area contributed by atoms with Crippen LogP contribution in [0.5, 0.6) is 0 Å². The highest BCUT2D eigenvalue weighted by atomic mass is 32.1. The average Bonchev–Trinajstić information content (AvgIpc) is 2.98. The van der Waals surface area contributed by atoms with Crippen LogP contribution in [-0.4, -0.2) is 66.9 Å². The van der Waals surface area contributed by atoms with Gasteiger partial charge in [-0.3, -0.25) is 9.69 Å². The first-order valence-corrected chi connectivity index (χ1v) is 7.72. The number of carboxylic acid groups (broad SMARTS) is 1. The molecule has 2 heterocycles. The molecule has 1 aromatic rings. The molecule has 0 aliphatic carbocycles. The standard InChI is InChI=1S/C13H21N3O3S/c1-11(12(17)18)10-16(13-14-2-9-20-13)4-3-15-5-7-19-8-6-15/h2,9,11H,3-8,10H2,1H3,(H,17,18). The van der Waals surface area contributed by atoms with E-state index in [1.54, 1.807) is 24.5 Å². The van der Waals surface area contributed by atoms with Gasteiger partial charge in [0.25, 0.3) is 0 Å². The number of anilines is 1. The lowest BCUT2D eigenvalue weighted by molar-refractivity contribution is -0.140. The molecule has 1 unspecified atom stereocenters. The van der Waals surface area contributed by atoms with E-state index in [1.165, 1.54) is 0 Å². The summed E-state index contributed by atoms with van der Waals surface area (Å²) in [6.45, 7) is 7.39. The molecule has 112 valence electrons. The summed E-state index contributed by atoms with van der Waals surface area (Å²) < 4.78 is 5.33. The Hall–Kier alpha value is -1.18. The summed E-state index contributed by atoms with van der Waals surface area (Å²) in [6, 6.07) is 0. The van der Waals surface area contributed by atoms with Crippen molar-refractivity contribution < 1.29 is 14.6 Å². The van der Waals surface area contributed by atoms with Crippen LogP contribution in [0.1, 0.15) is 6.92 Å². The summed E-state index contributed by atoms with van der Waals surface area (Å²) in [5.41, 5.74) is 0. The largest absolute Gasteiger partial charge is 0.481 e. The van der Waals surface area contributed by atoms with Gasteiger partial charge in [0.2, 0.25) is 0 Å². The highest BCUT2D eigenvalue weighted by Crippen LogP contribution is 2.18. The fourth-order valence-corrected chi connectivity index (χ4v) is 2.81. The van der Waals surface area contributed by atoms with Crippen molar-refractivity contribution in [1.29, 1.82) is 0 Å². The van der Waals surface area contributed by atoms with Crippen molar-refractivity contribution in [3.05, 3.63) is 11.6 Å². The van der Waals surface area contributed by atoms with Crippen LogP contribution in [0, 0.1) is 5.92 Å². The molecule has 1 N–H and O–H groups in total. The van der Waals surface area contributed by atoms with E-state index < -0.39 is 11.9 Å². The minimum Gasteiger partial charge on any atom is -0.481 e. The first-order chi connectivity index (χ1) is 9.66. The Balaban J connectivity index is 1.90. The van der Waals surface area contributed by atoms with Gasteiger partial charge in [-0.05, 0) is 0 Å². The Bertz CT molecular complexity index is 407. The maximum Gasteiger partial charge on any atom is 0.308 e. The zero-order valence-electron chi connectivity index (χ0n) is 11.7. The topological polar surface area (TPSA) is 65.9 Å². The molecule has 20 heavy (non-hydrogen) atoms. The van der Waals surface area contributed by atoms with E-state index in [-0.39, 0.29) is 0 Å². The summed E-state index contributed by atoms with van der Waals surface area (Å²) in [6.07, 6.45) is 1.76. The van der Waals surface area contributed by atoms with Gasteiger partial charge in [-0.15, -0.1) is 11.3 Å². The van der Waals surface area contributed by atoms with Crippen LogP contribution in [0.2, 0.25) is 0 Å². The number of ether oxygens (including phenoxy) is 1. The molecule has 1 aromatic heterocycles. The van der Waals surface area contributed by atoms with E-state index in [2.05, 4.69) is 14.8 Å². The van der Waals surface area contributed by atoms with Crippen molar-refractivity contribution in [1.82, 2.24) is 9.88 Å². The van der Waals surface area contributed by atoms with E-state index in [1.807, 2.05) is 5.38 Å². The van der Waals surface area contributed by atoms with Gasteiger partial charge in [0.1, 0.15) is 0 Å². The van der Waals surface area contributed by atoms with Crippen molar-refractivity contribution in [2.24, 2.45) is 5.92 Å². The second kappa shape index (κ2) is 7.56. The molecular weight excluding hydrogens is 278 g/mol. The molecule has 1 aliphatic rings. The Morgan fingerprint density at radius 3 is 2.95 bits per heavy atom. The average molecular weight is 299 g/mol. The highest BCUT2D eigenvalue weighted by molar-refractivity contribution is 7.13. The molecule has 7 heteroatoms. The summed E-state index contributed by atoms with van der Waals surface area (Å²) in [5.74, 6) is -1.17. The quantitative estimate of drug-likeness (QED) is 0.810. The maximum atomic E-state index is 11.0. The fraction of sp³-hybridized carbons (Fsp3) is 0.692. The van der Waals surface area contributed by atoms with Gasteiger partial charge in [-0.1, -0.05) is 6.92 Å². The molecule has 0 radical (unpaired) electrons. The van der Waals surface area contributed by atoms with E-state index in [4.69, 9.17) is 9.84 Å². The highest BCUT2D eigenvalue weighted by Gasteiger charge is 2.19. The zero-order valence-corrected chi connectivity index (χ0v) is 12.5. The number of aliphatic carboxylic acids is 1. The SMILES string of the molecule is CC(CN(CCN1CCOCC1)c1nccs1)C(=O)O. The number of rotatable bonds is 7. The lowest BCUT2D eigenvalue weighted by Gasteiger charge is -2.30. The molecule has 1 fully saturated rings. The van der Waals surface area contributed by atoms with Crippen LogP contribution in [0.3, 0.4) is 0 Å². The van der Waals surface area contributed by atoms with E-state index in [0.29, 0.717) is 6.54 Å². The smallest absolute Gasteiger partial charge is 0.308 e. The number of thiazole rings is 1. The maximum absolute atomic E-state index is 11.0. The Kier molecular flexibility index (Phi) is 5.75. The number of hydrogen-bond donors (Lipinski definition) is 1. The van der Waals surface area contributed by atoms with Gasteiger partial charge >= 0.3 is 5.97 Å². The van der Waals surface area contributed by atoms with Crippen LogP contribution >= 0.6 is 11.3 Å². The monoisotopic (exact) mass is 299 g/mol. The van der Waals surface area contributed by atoms with Crippen LogP contribution < -0.4 is 4.90 Å². The molecule has 1 saturated heterocycles. The number of carboxylic acids is 1. The molecule has 0 saturated carbocycles. The van der Waals surface area contributed by atoms with Crippen LogP contribution in [0.15, 0.2) is 11.6 Å². The second-order valence-electron chi connectivity index (χ2n) is 4.95. The first-order valence-electron chi connectivity index (χ1n) is 6.84. The molecule has 0 aromatic carbocycles. The predicted molar refractivity (Wildman–Crippen MR) is 78.4 cm³/mol. The molecular formula is C13H21N3O3S. The summed E-state index contributed by atoms with van der Waals surface area (Å²) in [4.78, 5) is 19.8. The third kappa shape index (κ3) is 4.43. The normalized spacial score (nSPS) is 17.9. The summed E-state index contributed by atoms with van der Waals surface area (Å²) in [7, 11) is 0. The molecule has 0 amide bonds. The van der Waals surface area contributed by atoms with Gasteiger partial charge in [-0.25, -0.2) is 4.98 Å². The predicted octanol–water partition coefficient (Wildman–Crippen LogP) is 1.00.